The fourth-order valence-corrected chi connectivity index (χ4v) is 3.86. The molecule has 1 saturated carbocycles. The number of aliphatic hydroxyl groups excluding tert-OH is 1. The van der Waals surface area contributed by atoms with E-state index in [-0.39, 0.29) is 36.0 Å². The first kappa shape index (κ1) is 18.6. The van der Waals surface area contributed by atoms with E-state index in [1.165, 1.54) is 0 Å². The Morgan fingerprint density at radius 1 is 1.18 bits per heavy atom. The first-order valence-corrected chi connectivity index (χ1v) is 9.59. The van der Waals surface area contributed by atoms with Crippen LogP contribution < -0.4 is 20.3 Å². The van der Waals surface area contributed by atoms with E-state index in [1.807, 2.05) is 24.3 Å². The summed E-state index contributed by atoms with van der Waals surface area (Å²) in [4.78, 5) is 25.7. The molecule has 7 heteroatoms. The summed E-state index contributed by atoms with van der Waals surface area (Å²) in [5.41, 5.74) is 1.42. The van der Waals surface area contributed by atoms with E-state index in [4.69, 9.17) is 9.47 Å². The second kappa shape index (κ2) is 7.67. The Morgan fingerprint density at radius 3 is 2.71 bits per heavy atom. The second-order valence-corrected chi connectivity index (χ2v) is 7.42. The summed E-state index contributed by atoms with van der Waals surface area (Å²) in [5.74, 6) is 0.962. The number of fused-ring (bicyclic) bond motifs is 1. The lowest BCUT2D eigenvalue weighted by atomic mass is 9.92. The molecule has 4 rings (SSSR count). The van der Waals surface area contributed by atoms with Crippen LogP contribution in [0.1, 0.15) is 53.2 Å². The molecule has 0 atom stereocenters. The van der Waals surface area contributed by atoms with Crippen LogP contribution in [0.5, 0.6) is 11.5 Å². The third-order valence-corrected chi connectivity index (χ3v) is 5.50. The van der Waals surface area contributed by atoms with Crippen LogP contribution in [0.15, 0.2) is 35.3 Å². The smallest absolute Gasteiger partial charge is 0.263 e. The number of hydrogen-bond acceptors (Lipinski definition) is 5. The molecule has 0 spiro atoms. The van der Waals surface area contributed by atoms with Crippen molar-refractivity contribution in [2.24, 2.45) is 0 Å². The van der Waals surface area contributed by atoms with Crippen LogP contribution in [0.2, 0.25) is 0 Å². The molecule has 0 saturated heterocycles. The van der Waals surface area contributed by atoms with Gasteiger partial charge in [0.2, 0.25) is 6.79 Å². The van der Waals surface area contributed by atoms with Gasteiger partial charge in [-0.15, -0.1) is 0 Å². The first-order valence-electron chi connectivity index (χ1n) is 9.59. The van der Waals surface area contributed by atoms with Crippen LogP contribution in [0.4, 0.5) is 0 Å². The number of rotatable bonds is 4. The summed E-state index contributed by atoms with van der Waals surface area (Å²) in [7, 11) is 0. The molecule has 0 radical (unpaired) electrons. The molecule has 1 aromatic heterocycles. The quantitative estimate of drug-likeness (QED) is 0.844. The summed E-state index contributed by atoms with van der Waals surface area (Å²) < 4.78 is 12.3. The van der Waals surface area contributed by atoms with Crippen molar-refractivity contribution < 1.29 is 19.4 Å². The van der Waals surface area contributed by atoms with E-state index in [9.17, 15) is 14.7 Å². The van der Waals surface area contributed by atoms with Gasteiger partial charge in [-0.3, -0.25) is 9.59 Å². The average molecular weight is 384 g/mol. The number of ether oxygens (including phenoxy) is 2. The number of nitrogens with zero attached hydrogens (tertiary/aromatic N) is 1. The lowest BCUT2D eigenvalue weighted by molar-refractivity contribution is 0.0944. The third-order valence-electron chi connectivity index (χ3n) is 5.50. The molecule has 1 aliphatic heterocycles. The van der Waals surface area contributed by atoms with Crippen molar-refractivity contribution >= 4 is 5.91 Å². The fourth-order valence-electron chi connectivity index (χ4n) is 3.86. The van der Waals surface area contributed by atoms with Crippen molar-refractivity contribution in [1.29, 1.82) is 0 Å². The van der Waals surface area contributed by atoms with E-state index in [2.05, 4.69) is 5.32 Å². The number of carbonyl (C=O) groups is 1. The van der Waals surface area contributed by atoms with Crippen LogP contribution in [0.3, 0.4) is 0 Å². The molecule has 1 aliphatic carbocycles. The van der Waals surface area contributed by atoms with Gasteiger partial charge in [0, 0.05) is 18.8 Å². The van der Waals surface area contributed by atoms with Crippen LogP contribution in [0, 0.1) is 6.92 Å². The molecule has 2 N–H and O–H groups in total. The average Bonchev–Trinajstić information content (AvgIpc) is 3.15. The van der Waals surface area contributed by atoms with Gasteiger partial charge in [0.25, 0.3) is 11.5 Å². The Kier molecular flexibility index (Phi) is 5.09. The number of aryl methyl sites for hydroxylation is 1. The van der Waals surface area contributed by atoms with E-state index < -0.39 is 0 Å². The topological polar surface area (TPSA) is 89.8 Å². The molecule has 2 aliphatic rings. The zero-order valence-electron chi connectivity index (χ0n) is 15.8. The minimum Gasteiger partial charge on any atom is -0.454 e. The normalized spacial score (nSPS) is 20.8. The number of aliphatic hydroxyl groups is 1. The second-order valence-electron chi connectivity index (χ2n) is 7.42. The minimum atomic E-state index is -0.384. The standard InChI is InChI=1S/C21H24N2O5/c1-13-8-9-23(15-3-5-16(24)6-4-15)21(26)19(13)20(25)22-11-14-2-7-17-18(10-14)28-12-27-17/h2,7-10,15-16,24H,3-6,11-12H2,1H3,(H,22,25). The summed E-state index contributed by atoms with van der Waals surface area (Å²) in [6.07, 6.45) is 4.30. The SMILES string of the molecule is Cc1ccn(C2CCC(O)CC2)c(=O)c1C(=O)NCc1ccc2c(c1)OCO2. The van der Waals surface area contributed by atoms with E-state index >= 15 is 0 Å². The first-order chi connectivity index (χ1) is 13.5. The van der Waals surface area contributed by atoms with Gasteiger partial charge in [0.15, 0.2) is 11.5 Å². The van der Waals surface area contributed by atoms with Crippen molar-refractivity contribution in [2.75, 3.05) is 6.79 Å². The Morgan fingerprint density at radius 2 is 1.93 bits per heavy atom. The number of benzene rings is 1. The molecule has 0 bridgehead atoms. The predicted molar refractivity (Wildman–Crippen MR) is 103 cm³/mol. The van der Waals surface area contributed by atoms with E-state index in [0.717, 1.165) is 18.4 Å². The molecule has 1 amide bonds. The number of hydrogen-bond donors (Lipinski definition) is 2. The summed E-state index contributed by atoms with van der Waals surface area (Å²) in [6, 6.07) is 7.32. The van der Waals surface area contributed by atoms with Crippen LogP contribution in [-0.4, -0.2) is 28.5 Å². The van der Waals surface area contributed by atoms with Gasteiger partial charge in [-0.2, -0.15) is 0 Å². The van der Waals surface area contributed by atoms with Gasteiger partial charge in [-0.25, -0.2) is 0 Å². The number of nitrogens with one attached hydrogen (secondary N) is 1. The molecular weight excluding hydrogens is 360 g/mol. The summed E-state index contributed by atoms with van der Waals surface area (Å²) in [5, 5.41) is 12.5. The zero-order valence-corrected chi connectivity index (χ0v) is 15.8. The maximum Gasteiger partial charge on any atom is 0.263 e. The molecule has 0 unspecified atom stereocenters. The Labute approximate surface area is 162 Å². The van der Waals surface area contributed by atoms with Crippen LogP contribution >= 0.6 is 0 Å². The molecule has 1 aromatic carbocycles. The van der Waals surface area contributed by atoms with Crippen molar-refractivity contribution in [3.8, 4) is 11.5 Å². The fraction of sp³-hybridized carbons (Fsp3) is 0.429. The number of carbonyl (C=O) groups excluding carboxylic acids is 1. The Balaban J connectivity index is 1.50. The third kappa shape index (κ3) is 3.62. The number of aromatic nitrogens is 1. The number of amides is 1. The minimum absolute atomic E-state index is 0.0249. The lowest BCUT2D eigenvalue weighted by Crippen LogP contribution is -2.36. The molecular formula is C21H24N2O5. The highest BCUT2D eigenvalue weighted by Gasteiger charge is 2.24. The van der Waals surface area contributed by atoms with E-state index in [1.54, 1.807) is 17.7 Å². The van der Waals surface area contributed by atoms with Gasteiger partial charge in [0.1, 0.15) is 5.56 Å². The maximum absolute atomic E-state index is 13.0. The van der Waals surface area contributed by atoms with Gasteiger partial charge >= 0.3 is 0 Å². The molecule has 1 fully saturated rings. The van der Waals surface area contributed by atoms with Crippen molar-refractivity contribution in [3.63, 3.8) is 0 Å². The lowest BCUT2D eigenvalue weighted by Gasteiger charge is -2.27. The van der Waals surface area contributed by atoms with Gasteiger partial charge in [-0.05, 0) is 61.9 Å². The highest BCUT2D eigenvalue weighted by molar-refractivity contribution is 5.95. The Hall–Kier alpha value is -2.80. The summed E-state index contributed by atoms with van der Waals surface area (Å²) in [6.45, 7) is 2.26. The maximum atomic E-state index is 13.0. The van der Waals surface area contributed by atoms with E-state index in [0.29, 0.717) is 36.4 Å². The highest BCUT2D eigenvalue weighted by atomic mass is 16.7. The molecule has 148 valence electrons. The predicted octanol–water partition coefficient (Wildman–Crippen LogP) is 2.29. The van der Waals surface area contributed by atoms with Crippen molar-refractivity contribution in [1.82, 2.24) is 9.88 Å². The Bertz CT molecular complexity index is 944. The monoisotopic (exact) mass is 384 g/mol. The van der Waals surface area contributed by atoms with Gasteiger partial charge < -0.3 is 24.5 Å². The van der Waals surface area contributed by atoms with Crippen molar-refractivity contribution in [2.45, 2.75) is 51.3 Å². The number of pyridine rings is 1. The zero-order chi connectivity index (χ0) is 19.7. The van der Waals surface area contributed by atoms with Gasteiger partial charge in [-0.1, -0.05) is 6.07 Å². The summed E-state index contributed by atoms with van der Waals surface area (Å²) >= 11 is 0. The van der Waals surface area contributed by atoms with Crippen LogP contribution in [0.25, 0.3) is 0 Å². The molecule has 28 heavy (non-hydrogen) atoms. The van der Waals surface area contributed by atoms with Gasteiger partial charge in [0.05, 0.1) is 6.10 Å². The van der Waals surface area contributed by atoms with Crippen molar-refractivity contribution in [3.05, 3.63) is 57.5 Å². The molecule has 2 aromatic rings. The largest absolute Gasteiger partial charge is 0.454 e. The molecule has 7 nitrogen and oxygen atoms in total. The highest BCUT2D eigenvalue weighted by Crippen LogP contribution is 2.32. The molecule has 2 heterocycles. The van der Waals surface area contributed by atoms with Crippen LogP contribution in [-0.2, 0) is 6.54 Å².